The fraction of sp³-hybridized carbons (Fsp3) is 0.667. The molecule has 3 aliphatic heterocycles. The molecule has 3 aliphatic rings. The first-order valence-electron chi connectivity index (χ1n) is 11.8. The van der Waals surface area contributed by atoms with E-state index in [1.807, 2.05) is 0 Å². The number of carbonyl (C=O) groups is 6. The number of hydrogen-bond donors (Lipinski definition) is 7. The van der Waals surface area contributed by atoms with Crippen molar-refractivity contribution >= 4 is 41.2 Å². The van der Waals surface area contributed by atoms with Crippen LogP contribution < -0.4 is 33.0 Å². The molecule has 3 rings (SSSR count). The van der Waals surface area contributed by atoms with Gasteiger partial charge in [0.2, 0.25) is 29.3 Å². The smallest absolute Gasteiger partial charge is 0.305 e. The molecule has 0 spiro atoms. The predicted molar refractivity (Wildman–Crippen MR) is 124 cm³/mol. The maximum Gasteiger partial charge on any atom is 0.305 e. The number of hydrazine groups is 1. The molecule has 3 amide bonds. The number of ketones is 2. The van der Waals surface area contributed by atoms with Gasteiger partial charge < -0.3 is 32.1 Å². The largest absolute Gasteiger partial charge is 0.481 e. The minimum Gasteiger partial charge on any atom is -0.481 e. The van der Waals surface area contributed by atoms with E-state index in [-0.39, 0.29) is 31.4 Å². The van der Waals surface area contributed by atoms with Gasteiger partial charge in [0.25, 0.3) is 0 Å². The molecule has 3 heterocycles. The molecule has 5 atom stereocenters. The quantitative estimate of drug-likeness (QED) is 0.0795. The van der Waals surface area contributed by atoms with Gasteiger partial charge in [-0.15, -0.1) is 0 Å². The van der Waals surface area contributed by atoms with Crippen molar-refractivity contribution in [2.75, 3.05) is 13.1 Å². The van der Waals surface area contributed by atoms with Gasteiger partial charge in [0, 0.05) is 12.6 Å². The maximum absolute atomic E-state index is 13.2. The molecule has 0 radical (unpaired) electrons. The Balaban J connectivity index is 1.87. The number of nitrogens with zero attached hydrogens (tertiary/aromatic N) is 2. The second-order valence-corrected chi connectivity index (χ2v) is 9.08. The van der Waals surface area contributed by atoms with E-state index in [4.69, 9.17) is 11.5 Å². The normalized spacial score (nSPS) is 29.6. The van der Waals surface area contributed by atoms with Gasteiger partial charge in [0.05, 0.1) is 25.0 Å². The number of rotatable bonds is 6. The van der Waals surface area contributed by atoms with E-state index >= 15 is 0 Å². The Morgan fingerprint density at radius 2 is 1.72 bits per heavy atom. The number of aliphatic imine (C=N–C) groups is 1. The lowest BCUT2D eigenvalue weighted by Crippen LogP contribution is -2.62. The second-order valence-electron chi connectivity index (χ2n) is 9.08. The van der Waals surface area contributed by atoms with Crippen LogP contribution >= 0.6 is 0 Å². The molecule has 0 aromatic rings. The minimum atomic E-state index is -1.28. The SMILES string of the molecule is NC(N)=NCCC[C@@H]1NC(=O)CNC(=O)[C@H](CC(=O)O)NNC2CCC3CC[C@@H](C(=O)C1=O)N3C2=O. The molecular weight excluding hydrogens is 476 g/mol. The van der Waals surface area contributed by atoms with Gasteiger partial charge in [-0.2, -0.15) is 0 Å². The molecule has 198 valence electrons. The number of guanidine groups is 1. The van der Waals surface area contributed by atoms with Crippen molar-refractivity contribution in [3.8, 4) is 0 Å². The first-order chi connectivity index (χ1) is 17.1. The van der Waals surface area contributed by atoms with Crippen LogP contribution in [0.25, 0.3) is 0 Å². The van der Waals surface area contributed by atoms with Gasteiger partial charge in [-0.1, -0.05) is 0 Å². The molecule has 15 nitrogen and oxygen atoms in total. The van der Waals surface area contributed by atoms with Gasteiger partial charge >= 0.3 is 5.97 Å². The van der Waals surface area contributed by atoms with Crippen molar-refractivity contribution in [1.29, 1.82) is 0 Å². The van der Waals surface area contributed by atoms with E-state index in [0.717, 1.165) is 0 Å². The van der Waals surface area contributed by atoms with Crippen LogP contribution in [-0.2, 0) is 28.8 Å². The molecule has 0 saturated carbocycles. The molecule has 9 N–H and O–H groups in total. The number of aliphatic carboxylic acids is 1. The van der Waals surface area contributed by atoms with Gasteiger partial charge in [0.1, 0.15) is 12.1 Å². The lowest BCUT2D eigenvalue weighted by atomic mass is 9.96. The van der Waals surface area contributed by atoms with Gasteiger partial charge in [-0.05, 0) is 38.5 Å². The Kier molecular flexibility index (Phi) is 8.93. The summed E-state index contributed by atoms with van der Waals surface area (Å²) in [5, 5.41) is 14.0. The van der Waals surface area contributed by atoms with Gasteiger partial charge in [-0.25, -0.2) is 10.9 Å². The van der Waals surface area contributed by atoms with Crippen molar-refractivity contribution in [3.63, 3.8) is 0 Å². The van der Waals surface area contributed by atoms with Gasteiger partial charge in [-0.3, -0.25) is 33.8 Å². The third kappa shape index (κ3) is 6.54. The fourth-order valence-corrected chi connectivity index (χ4v) is 4.78. The number of fused-ring (bicyclic) bond motifs is 1. The van der Waals surface area contributed by atoms with E-state index in [0.29, 0.717) is 25.7 Å². The molecule has 0 aliphatic carbocycles. The summed E-state index contributed by atoms with van der Waals surface area (Å²) in [4.78, 5) is 81.2. The van der Waals surface area contributed by atoms with E-state index in [9.17, 15) is 33.9 Å². The van der Waals surface area contributed by atoms with Gasteiger partial charge in [0.15, 0.2) is 5.96 Å². The average Bonchev–Trinajstić information content (AvgIpc) is 3.26. The van der Waals surface area contributed by atoms with E-state index in [1.165, 1.54) is 4.90 Å². The molecule has 3 fully saturated rings. The molecule has 2 unspecified atom stereocenters. The van der Waals surface area contributed by atoms with Crippen LogP contribution in [0.5, 0.6) is 0 Å². The summed E-state index contributed by atoms with van der Waals surface area (Å²) in [6.07, 6.45) is 1.56. The van der Waals surface area contributed by atoms with Crippen molar-refractivity contribution < 1.29 is 33.9 Å². The summed E-state index contributed by atoms with van der Waals surface area (Å²) >= 11 is 0. The van der Waals surface area contributed by atoms with E-state index in [2.05, 4.69) is 26.5 Å². The Bertz CT molecular complexity index is 951. The molecule has 2 bridgehead atoms. The number of nitrogens with two attached hydrogens (primary N) is 2. The lowest BCUT2D eigenvalue weighted by Gasteiger charge is -2.38. The number of nitrogens with one attached hydrogen (secondary N) is 4. The highest BCUT2D eigenvalue weighted by Crippen LogP contribution is 2.33. The van der Waals surface area contributed by atoms with Crippen molar-refractivity contribution in [2.45, 2.75) is 75.2 Å². The summed E-state index contributed by atoms with van der Waals surface area (Å²) < 4.78 is 0. The molecule has 0 aromatic heterocycles. The van der Waals surface area contributed by atoms with E-state index in [1.54, 1.807) is 0 Å². The topological polar surface area (TPSA) is 238 Å². The number of carboxylic acid groups (broad SMARTS) is 1. The third-order valence-electron chi connectivity index (χ3n) is 6.54. The fourth-order valence-electron chi connectivity index (χ4n) is 4.78. The summed E-state index contributed by atoms with van der Waals surface area (Å²) in [7, 11) is 0. The summed E-state index contributed by atoms with van der Waals surface area (Å²) in [6, 6.07) is -4.48. The monoisotopic (exact) mass is 508 g/mol. The lowest BCUT2D eigenvalue weighted by molar-refractivity contribution is -0.148. The zero-order valence-corrected chi connectivity index (χ0v) is 19.7. The zero-order valence-electron chi connectivity index (χ0n) is 19.7. The number of amides is 3. The zero-order chi connectivity index (χ0) is 26.4. The minimum absolute atomic E-state index is 0.0541. The number of carbonyl (C=O) groups excluding carboxylic acids is 5. The Morgan fingerprint density at radius 3 is 2.42 bits per heavy atom. The Morgan fingerprint density at radius 1 is 1.00 bits per heavy atom. The Labute approximate surface area is 206 Å². The average molecular weight is 509 g/mol. The van der Waals surface area contributed by atoms with Crippen molar-refractivity contribution in [1.82, 2.24) is 26.4 Å². The van der Waals surface area contributed by atoms with Crippen molar-refractivity contribution in [2.24, 2.45) is 16.5 Å². The van der Waals surface area contributed by atoms with Crippen LogP contribution in [-0.4, -0.2) is 94.5 Å². The van der Waals surface area contributed by atoms with Crippen LogP contribution in [0.2, 0.25) is 0 Å². The van der Waals surface area contributed by atoms with Crippen LogP contribution in [0.4, 0.5) is 0 Å². The third-order valence-corrected chi connectivity index (χ3v) is 6.54. The summed E-state index contributed by atoms with van der Waals surface area (Å²) in [6.45, 7) is -0.387. The summed E-state index contributed by atoms with van der Waals surface area (Å²) in [5.74, 6) is -4.97. The highest BCUT2D eigenvalue weighted by atomic mass is 16.4. The first kappa shape index (κ1) is 27.0. The number of hydrogen-bond acceptors (Lipinski definition) is 9. The van der Waals surface area contributed by atoms with Crippen molar-refractivity contribution in [3.05, 3.63) is 0 Å². The van der Waals surface area contributed by atoms with Crippen LogP contribution in [0, 0.1) is 0 Å². The van der Waals surface area contributed by atoms with Crippen LogP contribution in [0.1, 0.15) is 44.9 Å². The molecule has 3 saturated heterocycles. The molecular formula is C21H32N8O7. The van der Waals surface area contributed by atoms with E-state index < -0.39 is 72.4 Å². The molecule has 0 aromatic carbocycles. The highest BCUT2D eigenvalue weighted by molar-refractivity contribution is 6.41. The predicted octanol–water partition coefficient (Wildman–Crippen LogP) is -3.75. The second kappa shape index (κ2) is 11.9. The maximum atomic E-state index is 13.2. The standard InChI is InChI=1S/C21H32N8O7/c22-21(23)24-7-1-2-11-17(33)18(34)14-6-4-10-3-5-12(20(36)29(10)14)27-28-13(8-16(31)32)19(35)25-9-15(30)26-11/h10-14,27-28H,1-9H2,(H,25,35)(H,26,30)(H,31,32)(H4,22,23,24)/t10?,11-,12?,13-,14-/m0/s1. The van der Waals surface area contributed by atoms with Crippen LogP contribution in [0.15, 0.2) is 4.99 Å². The first-order valence-corrected chi connectivity index (χ1v) is 11.8. The highest BCUT2D eigenvalue weighted by Gasteiger charge is 2.48. The molecule has 15 heteroatoms. The number of Topliss-reactive ketones (excluding diaryl/α,β-unsaturated/α-hetero) is 2. The van der Waals surface area contributed by atoms with Crippen LogP contribution in [0.3, 0.4) is 0 Å². The Hall–Kier alpha value is -3.59. The number of piperidine rings is 1. The molecule has 36 heavy (non-hydrogen) atoms. The number of carboxylic acids is 1. The summed E-state index contributed by atoms with van der Waals surface area (Å²) in [5.41, 5.74) is 15.9.